The van der Waals surface area contributed by atoms with Gasteiger partial charge in [0, 0.05) is 19.1 Å². The van der Waals surface area contributed by atoms with E-state index in [1.165, 1.54) is 0 Å². The largest absolute Gasteiger partial charge is 0.507 e. The van der Waals surface area contributed by atoms with E-state index in [2.05, 4.69) is 9.80 Å². The summed E-state index contributed by atoms with van der Waals surface area (Å²) in [6, 6.07) is 4.13. The lowest BCUT2D eigenvalue weighted by Crippen LogP contribution is -2.37. The third-order valence-electron chi connectivity index (χ3n) is 3.83. The summed E-state index contributed by atoms with van der Waals surface area (Å²) < 4.78 is 38.4. The van der Waals surface area contributed by atoms with Gasteiger partial charge < -0.3 is 10.0 Å². The molecule has 1 aromatic rings. The fraction of sp³-hybridized carbons (Fsp3) is 0.600. The highest BCUT2D eigenvalue weighted by atomic mass is 19.4. The Balaban J connectivity index is 2.12. The highest BCUT2D eigenvalue weighted by Gasteiger charge is 2.34. The number of benzene rings is 1. The van der Waals surface area contributed by atoms with E-state index in [0.29, 0.717) is 18.2 Å². The Kier molecular flexibility index (Phi) is 4.78. The first-order valence-corrected chi connectivity index (χ1v) is 7.05. The van der Waals surface area contributed by atoms with E-state index in [1.54, 1.807) is 6.07 Å². The van der Waals surface area contributed by atoms with Gasteiger partial charge in [0.15, 0.2) is 0 Å². The van der Waals surface area contributed by atoms with Gasteiger partial charge in [0.25, 0.3) is 0 Å². The standard InChI is InChI=1S/C15H21F3N2O/c1-19(2)10-12-4-3-7-20(12)9-11-5-6-14(21)13(8-11)15(16,17)18/h5-6,8,12,21H,3-4,7,9-10H2,1-2H3. The van der Waals surface area contributed by atoms with Crippen molar-refractivity contribution < 1.29 is 18.3 Å². The first-order chi connectivity index (χ1) is 9.77. The fourth-order valence-corrected chi connectivity index (χ4v) is 2.87. The van der Waals surface area contributed by atoms with Gasteiger partial charge in [-0.1, -0.05) is 6.07 Å². The smallest absolute Gasteiger partial charge is 0.419 e. The summed E-state index contributed by atoms with van der Waals surface area (Å²) in [6.45, 7) is 2.30. The number of phenolic OH excluding ortho intramolecular Hbond substituents is 1. The number of hydrogen-bond acceptors (Lipinski definition) is 3. The molecule has 0 saturated carbocycles. The lowest BCUT2D eigenvalue weighted by Gasteiger charge is -2.27. The number of halogens is 3. The van der Waals surface area contributed by atoms with Crippen molar-refractivity contribution in [3.63, 3.8) is 0 Å². The molecule has 3 nitrogen and oxygen atoms in total. The van der Waals surface area contributed by atoms with Crippen molar-refractivity contribution in [2.24, 2.45) is 0 Å². The summed E-state index contributed by atoms with van der Waals surface area (Å²) in [7, 11) is 4.00. The van der Waals surface area contributed by atoms with Crippen LogP contribution in [-0.2, 0) is 12.7 Å². The molecule has 0 aromatic heterocycles. The second-order valence-corrected chi connectivity index (χ2v) is 5.88. The summed E-state index contributed by atoms with van der Waals surface area (Å²) >= 11 is 0. The van der Waals surface area contributed by atoms with Gasteiger partial charge in [-0.05, 0) is 51.2 Å². The topological polar surface area (TPSA) is 26.7 Å². The monoisotopic (exact) mass is 302 g/mol. The third-order valence-corrected chi connectivity index (χ3v) is 3.83. The Morgan fingerprint density at radius 2 is 2.05 bits per heavy atom. The fourth-order valence-electron chi connectivity index (χ4n) is 2.87. The molecule has 1 aromatic carbocycles. The van der Waals surface area contributed by atoms with Crippen LogP contribution in [-0.4, -0.2) is 48.1 Å². The first kappa shape index (κ1) is 16.1. The molecular formula is C15H21F3N2O. The Morgan fingerprint density at radius 1 is 1.33 bits per heavy atom. The van der Waals surface area contributed by atoms with Crippen molar-refractivity contribution in [2.45, 2.75) is 31.6 Å². The van der Waals surface area contributed by atoms with Gasteiger partial charge in [0.05, 0.1) is 5.56 Å². The van der Waals surface area contributed by atoms with Gasteiger partial charge in [0.1, 0.15) is 5.75 Å². The van der Waals surface area contributed by atoms with Crippen LogP contribution in [0.3, 0.4) is 0 Å². The van der Waals surface area contributed by atoms with Gasteiger partial charge >= 0.3 is 6.18 Å². The molecule has 118 valence electrons. The lowest BCUT2D eigenvalue weighted by atomic mass is 10.1. The number of alkyl halides is 3. The SMILES string of the molecule is CN(C)CC1CCCN1Cc1ccc(O)c(C(F)(F)F)c1. The second-order valence-electron chi connectivity index (χ2n) is 5.88. The molecule has 1 aliphatic heterocycles. The molecule has 1 fully saturated rings. The molecule has 1 atom stereocenters. The number of likely N-dealkylation sites (N-methyl/N-ethyl adjacent to an activating group) is 1. The Bertz CT molecular complexity index is 488. The van der Waals surface area contributed by atoms with Gasteiger partial charge in [-0.3, -0.25) is 4.90 Å². The molecule has 1 heterocycles. The van der Waals surface area contributed by atoms with Crippen LogP contribution in [0, 0.1) is 0 Å². The number of likely N-dealkylation sites (tertiary alicyclic amines) is 1. The van der Waals surface area contributed by atoms with Crippen LogP contribution in [0.15, 0.2) is 18.2 Å². The third kappa shape index (κ3) is 4.11. The van der Waals surface area contributed by atoms with Gasteiger partial charge in [0.2, 0.25) is 0 Å². The summed E-state index contributed by atoms with van der Waals surface area (Å²) in [5, 5.41) is 9.36. The van der Waals surface area contributed by atoms with Crippen molar-refractivity contribution in [2.75, 3.05) is 27.2 Å². The van der Waals surface area contributed by atoms with Gasteiger partial charge in [-0.25, -0.2) is 0 Å². The molecule has 1 aliphatic rings. The zero-order valence-electron chi connectivity index (χ0n) is 12.3. The van der Waals surface area contributed by atoms with Gasteiger partial charge in [-0.15, -0.1) is 0 Å². The number of phenols is 1. The molecule has 2 rings (SSSR count). The van der Waals surface area contributed by atoms with E-state index in [1.807, 2.05) is 14.1 Å². The predicted octanol–water partition coefficient (Wildman–Crippen LogP) is 2.94. The minimum atomic E-state index is -4.52. The average Bonchev–Trinajstić information content (AvgIpc) is 2.77. The molecule has 21 heavy (non-hydrogen) atoms. The van der Waals surface area contributed by atoms with Gasteiger partial charge in [-0.2, -0.15) is 13.2 Å². The number of nitrogens with zero attached hydrogens (tertiary/aromatic N) is 2. The van der Waals surface area contributed by atoms with Crippen LogP contribution in [0.5, 0.6) is 5.75 Å². The normalized spacial score (nSPS) is 20.4. The number of aromatic hydroxyl groups is 1. The van der Waals surface area contributed by atoms with Crippen molar-refractivity contribution in [3.8, 4) is 5.75 Å². The number of hydrogen-bond donors (Lipinski definition) is 1. The molecule has 1 saturated heterocycles. The van der Waals surface area contributed by atoms with Crippen molar-refractivity contribution >= 4 is 0 Å². The summed E-state index contributed by atoms with van der Waals surface area (Å²) in [5.41, 5.74) is -0.367. The van der Waals surface area contributed by atoms with Crippen LogP contribution < -0.4 is 0 Å². The van der Waals surface area contributed by atoms with E-state index in [0.717, 1.165) is 38.1 Å². The zero-order chi connectivity index (χ0) is 15.6. The van der Waals surface area contributed by atoms with Crippen LogP contribution in [0.2, 0.25) is 0 Å². The highest BCUT2D eigenvalue weighted by Crippen LogP contribution is 2.36. The second kappa shape index (κ2) is 6.23. The molecule has 0 aliphatic carbocycles. The van der Waals surface area contributed by atoms with Crippen molar-refractivity contribution in [1.82, 2.24) is 9.80 Å². The quantitative estimate of drug-likeness (QED) is 0.926. The minimum Gasteiger partial charge on any atom is -0.507 e. The Hall–Kier alpha value is -1.27. The summed E-state index contributed by atoms with van der Waals surface area (Å²) in [4.78, 5) is 4.31. The highest BCUT2D eigenvalue weighted by molar-refractivity contribution is 5.38. The predicted molar refractivity (Wildman–Crippen MR) is 75.1 cm³/mol. The first-order valence-electron chi connectivity index (χ1n) is 7.05. The minimum absolute atomic E-state index is 0.378. The van der Waals surface area contributed by atoms with E-state index in [9.17, 15) is 18.3 Å². The van der Waals surface area contributed by atoms with E-state index < -0.39 is 17.5 Å². The molecule has 0 spiro atoms. The van der Waals surface area contributed by atoms with E-state index in [-0.39, 0.29) is 0 Å². The molecule has 1 unspecified atom stereocenters. The van der Waals surface area contributed by atoms with Crippen LogP contribution >= 0.6 is 0 Å². The molecule has 6 heteroatoms. The molecule has 0 bridgehead atoms. The Morgan fingerprint density at radius 3 is 2.67 bits per heavy atom. The zero-order valence-corrected chi connectivity index (χ0v) is 12.3. The maximum Gasteiger partial charge on any atom is 0.419 e. The molecule has 1 N–H and O–H groups in total. The van der Waals surface area contributed by atoms with Crippen molar-refractivity contribution in [3.05, 3.63) is 29.3 Å². The molecule has 0 amide bonds. The maximum absolute atomic E-state index is 12.8. The Labute approximate surface area is 123 Å². The molecule has 0 radical (unpaired) electrons. The van der Waals surface area contributed by atoms with Crippen LogP contribution in [0.4, 0.5) is 13.2 Å². The lowest BCUT2D eigenvalue weighted by molar-refractivity contribution is -0.138. The summed E-state index contributed by atoms with van der Waals surface area (Å²) in [5.74, 6) is -0.711. The molecular weight excluding hydrogens is 281 g/mol. The van der Waals surface area contributed by atoms with Crippen molar-refractivity contribution in [1.29, 1.82) is 0 Å². The average molecular weight is 302 g/mol. The van der Waals surface area contributed by atoms with Crippen LogP contribution in [0.25, 0.3) is 0 Å². The number of rotatable bonds is 4. The maximum atomic E-state index is 12.8. The van der Waals surface area contributed by atoms with E-state index in [4.69, 9.17) is 0 Å². The summed E-state index contributed by atoms with van der Waals surface area (Å²) in [6.07, 6.45) is -2.38. The van der Waals surface area contributed by atoms with Crippen LogP contribution in [0.1, 0.15) is 24.0 Å². The van der Waals surface area contributed by atoms with E-state index >= 15 is 0 Å².